The largest absolute Gasteiger partial charge is 0.300 e. The van der Waals surface area contributed by atoms with Gasteiger partial charge in [0.2, 0.25) is 0 Å². The van der Waals surface area contributed by atoms with Gasteiger partial charge in [0, 0.05) is 10.8 Å². The van der Waals surface area contributed by atoms with Gasteiger partial charge in [0.15, 0.2) is 0 Å². The highest BCUT2D eigenvalue weighted by molar-refractivity contribution is 7.99. The lowest BCUT2D eigenvalue weighted by atomic mass is 9.90. The predicted molar refractivity (Wildman–Crippen MR) is 70.8 cm³/mol. The zero-order chi connectivity index (χ0) is 12.0. The third-order valence-electron chi connectivity index (χ3n) is 2.77. The number of hydrogen-bond acceptors (Lipinski definition) is 2. The topological polar surface area (TPSA) is 17.1 Å². The molecule has 0 saturated carbocycles. The first-order valence-electron chi connectivity index (χ1n) is 5.79. The molecule has 0 N–H and O–H groups in total. The lowest BCUT2D eigenvalue weighted by molar-refractivity contribution is -0.122. The summed E-state index contributed by atoms with van der Waals surface area (Å²) in [4.78, 5) is 12.7. The zero-order valence-corrected chi connectivity index (χ0v) is 11.1. The van der Waals surface area contributed by atoms with Crippen molar-refractivity contribution in [3.05, 3.63) is 30.3 Å². The first-order valence-corrected chi connectivity index (χ1v) is 6.78. The van der Waals surface area contributed by atoms with Gasteiger partial charge in [-0.2, -0.15) is 0 Å². The molecule has 1 rings (SSSR count). The van der Waals surface area contributed by atoms with E-state index in [-0.39, 0.29) is 5.92 Å². The maximum absolute atomic E-state index is 11.4. The second kappa shape index (κ2) is 6.74. The summed E-state index contributed by atoms with van der Waals surface area (Å²) in [7, 11) is 0. The Kier molecular flexibility index (Phi) is 5.61. The van der Waals surface area contributed by atoms with Gasteiger partial charge in [-0.25, -0.2) is 0 Å². The van der Waals surface area contributed by atoms with E-state index >= 15 is 0 Å². The zero-order valence-electron chi connectivity index (χ0n) is 10.3. The fraction of sp³-hybridized carbons (Fsp3) is 0.500. The first-order chi connectivity index (χ1) is 7.61. The number of carbonyl (C=O) groups excluding carboxylic acids is 1. The van der Waals surface area contributed by atoms with E-state index in [0.717, 1.165) is 12.2 Å². The van der Waals surface area contributed by atoms with Crippen molar-refractivity contribution < 1.29 is 4.79 Å². The highest BCUT2D eigenvalue weighted by Crippen LogP contribution is 2.23. The van der Waals surface area contributed by atoms with Crippen LogP contribution in [0.4, 0.5) is 0 Å². The summed E-state index contributed by atoms with van der Waals surface area (Å²) < 4.78 is 0. The molecule has 88 valence electrons. The first kappa shape index (κ1) is 13.3. The van der Waals surface area contributed by atoms with Crippen LogP contribution in [0.2, 0.25) is 0 Å². The molecule has 0 radical (unpaired) electrons. The molecule has 1 aromatic rings. The Balaban J connectivity index is 2.37. The van der Waals surface area contributed by atoms with Crippen molar-refractivity contribution in [2.75, 3.05) is 5.75 Å². The lowest BCUT2D eigenvalue weighted by Gasteiger charge is -2.17. The van der Waals surface area contributed by atoms with Crippen molar-refractivity contribution in [1.82, 2.24) is 0 Å². The van der Waals surface area contributed by atoms with Crippen LogP contribution < -0.4 is 0 Å². The van der Waals surface area contributed by atoms with Crippen LogP contribution in [-0.4, -0.2) is 11.5 Å². The monoisotopic (exact) mass is 236 g/mol. The Morgan fingerprint density at radius 2 is 1.88 bits per heavy atom. The molecule has 1 atom stereocenters. The van der Waals surface area contributed by atoms with E-state index in [9.17, 15) is 4.79 Å². The van der Waals surface area contributed by atoms with Crippen molar-refractivity contribution in [2.45, 2.75) is 32.1 Å². The van der Waals surface area contributed by atoms with Crippen molar-refractivity contribution in [1.29, 1.82) is 0 Å². The summed E-state index contributed by atoms with van der Waals surface area (Å²) in [5.41, 5.74) is 0. The van der Waals surface area contributed by atoms with Gasteiger partial charge in [0.25, 0.3) is 0 Å². The van der Waals surface area contributed by atoms with Gasteiger partial charge >= 0.3 is 0 Å². The van der Waals surface area contributed by atoms with E-state index in [1.54, 1.807) is 6.92 Å². The Bertz CT molecular complexity index is 319. The third-order valence-corrected chi connectivity index (χ3v) is 3.81. The smallest absolute Gasteiger partial charge is 0.133 e. The Morgan fingerprint density at radius 3 is 2.38 bits per heavy atom. The van der Waals surface area contributed by atoms with Crippen LogP contribution in [0.25, 0.3) is 0 Å². The molecule has 16 heavy (non-hydrogen) atoms. The number of ketones is 1. The summed E-state index contributed by atoms with van der Waals surface area (Å²) in [5, 5.41) is 0. The van der Waals surface area contributed by atoms with E-state index in [1.165, 1.54) is 4.90 Å². The minimum atomic E-state index is 0.219. The van der Waals surface area contributed by atoms with E-state index in [2.05, 4.69) is 26.0 Å². The maximum Gasteiger partial charge on any atom is 0.133 e. The number of thioether (sulfide) groups is 1. The number of benzene rings is 1. The van der Waals surface area contributed by atoms with E-state index in [4.69, 9.17) is 0 Å². The molecular weight excluding hydrogens is 216 g/mol. The lowest BCUT2D eigenvalue weighted by Crippen LogP contribution is -2.18. The molecule has 0 aliphatic carbocycles. The molecule has 0 bridgehead atoms. The molecule has 0 heterocycles. The van der Waals surface area contributed by atoms with Crippen LogP contribution in [0.5, 0.6) is 0 Å². The average Bonchev–Trinajstić information content (AvgIpc) is 2.24. The van der Waals surface area contributed by atoms with Crippen LogP contribution in [0.15, 0.2) is 35.2 Å². The minimum Gasteiger partial charge on any atom is -0.300 e. The molecular formula is C14H20OS. The van der Waals surface area contributed by atoms with Crippen molar-refractivity contribution in [2.24, 2.45) is 11.8 Å². The van der Waals surface area contributed by atoms with Crippen LogP contribution >= 0.6 is 11.8 Å². The van der Waals surface area contributed by atoms with E-state index in [0.29, 0.717) is 11.7 Å². The van der Waals surface area contributed by atoms with Gasteiger partial charge < -0.3 is 0 Å². The van der Waals surface area contributed by atoms with E-state index < -0.39 is 0 Å². The highest BCUT2D eigenvalue weighted by Gasteiger charge is 2.17. The molecule has 1 nitrogen and oxygen atoms in total. The third kappa shape index (κ3) is 4.40. The fourth-order valence-electron chi connectivity index (χ4n) is 1.83. The van der Waals surface area contributed by atoms with Gasteiger partial charge in [0.05, 0.1) is 0 Å². The molecule has 0 aliphatic heterocycles. The minimum absolute atomic E-state index is 0.219. The molecule has 2 heteroatoms. The number of Topliss-reactive ketones (excluding diaryl/α,β-unsaturated/α-hetero) is 1. The van der Waals surface area contributed by atoms with Crippen LogP contribution in [-0.2, 0) is 4.79 Å². The molecule has 0 aliphatic rings. The van der Waals surface area contributed by atoms with Crippen LogP contribution in [0, 0.1) is 11.8 Å². The molecule has 1 unspecified atom stereocenters. The highest BCUT2D eigenvalue weighted by atomic mass is 32.2. The Labute approximate surface area is 103 Å². The summed E-state index contributed by atoms with van der Waals surface area (Å²) in [6.07, 6.45) is 0.979. The Morgan fingerprint density at radius 1 is 1.25 bits per heavy atom. The van der Waals surface area contributed by atoms with E-state index in [1.807, 2.05) is 30.0 Å². The van der Waals surface area contributed by atoms with Gasteiger partial charge in [-0.15, -0.1) is 11.8 Å². The van der Waals surface area contributed by atoms with Crippen molar-refractivity contribution >= 4 is 17.5 Å². The fourth-order valence-corrected chi connectivity index (χ4v) is 2.78. The van der Waals surface area contributed by atoms with Crippen LogP contribution in [0.3, 0.4) is 0 Å². The van der Waals surface area contributed by atoms with Gasteiger partial charge in [-0.1, -0.05) is 32.0 Å². The summed E-state index contributed by atoms with van der Waals surface area (Å²) >= 11 is 1.83. The molecule has 0 amide bonds. The molecule has 0 fully saturated rings. The summed E-state index contributed by atoms with van der Waals surface area (Å²) in [5.74, 6) is 2.01. The maximum atomic E-state index is 11.4. The second-order valence-corrected chi connectivity index (χ2v) is 5.58. The summed E-state index contributed by atoms with van der Waals surface area (Å²) in [6, 6.07) is 10.3. The van der Waals surface area contributed by atoms with Gasteiger partial charge in [0.1, 0.15) is 5.78 Å². The normalized spacial score (nSPS) is 12.8. The van der Waals surface area contributed by atoms with Crippen molar-refractivity contribution in [3.63, 3.8) is 0 Å². The van der Waals surface area contributed by atoms with Gasteiger partial charge in [-0.3, -0.25) is 4.79 Å². The number of hydrogen-bond donors (Lipinski definition) is 0. The standard InChI is InChI=1S/C14H20OS/c1-11(2)14(12(3)15)9-10-16-13-7-5-4-6-8-13/h4-8,11,14H,9-10H2,1-3H3. The SMILES string of the molecule is CC(=O)C(CCSc1ccccc1)C(C)C. The molecule has 1 aromatic carbocycles. The number of carbonyl (C=O) groups is 1. The van der Waals surface area contributed by atoms with Crippen LogP contribution in [0.1, 0.15) is 27.2 Å². The predicted octanol–water partition coefficient (Wildman–Crippen LogP) is 4.03. The second-order valence-electron chi connectivity index (χ2n) is 4.41. The Hall–Kier alpha value is -0.760. The number of rotatable bonds is 6. The van der Waals surface area contributed by atoms with Crippen molar-refractivity contribution in [3.8, 4) is 0 Å². The van der Waals surface area contributed by atoms with Gasteiger partial charge in [-0.05, 0) is 37.1 Å². The molecule has 0 aromatic heterocycles. The average molecular weight is 236 g/mol. The molecule has 0 saturated heterocycles. The quantitative estimate of drug-likeness (QED) is 0.694. The molecule has 0 spiro atoms. The summed E-state index contributed by atoms with van der Waals surface area (Å²) in [6.45, 7) is 5.95.